The second-order valence-electron chi connectivity index (χ2n) is 19.2. The summed E-state index contributed by atoms with van der Waals surface area (Å²) >= 11 is 0. The zero-order valence-corrected chi connectivity index (χ0v) is 47.4. The number of allylic oxidation sites excluding steroid dienone is 21. The highest BCUT2D eigenvalue weighted by Gasteiger charge is 2.50. The third-order valence-corrected chi connectivity index (χ3v) is 12.2. The lowest BCUT2D eigenvalue weighted by molar-refractivity contribution is -0.301. The Labute approximate surface area is 464 Å². The quantitative estimate of drug-likeness (QED) is 0.0228. The van der Waals surface area contributed by atoms with Gasteiger partial charge in [0.15, 0.2) is 24.6 Å². The molecule has 1 saturated heterocycles. The molecule has 1 rings (SSSR count). The van der Waals surface area contributed by atoms with Crippen LogP contribution in [0.15, 0.2) is 134 Å². The summed E-state index contributed by atoms with van der Waals surface area (Å²) in [5, 5.41) is 31.4. The normalized spacial score (nSPS) is 19.0. The summed E-state index contributed by atoms with van der Waals surface area (Å²) in [4.78, 5) is 51.1. The van der Waals surface area contributed by atoms with Gasteiger partial charge < -0.3 is 39.0 Å². The highest BCUT2D eigenvalue weighted by molar-refractivity contribution is 5.74. The average Bonchev–Trinajstić information content (AvgIpc) is 3.43. The monoisotopic (exact) mass is 1070 g/mol. The third-order valence-electron chi connectivity index (χ3n) is 12.2. The Balaban J connectivity index is 2.78. The number of hydrogen-bond donors (Lipinski definition) is 3. The van der Waals surface area contributed by atoms with E-state index in [9.17, 15) is 34.5 Å². The number of aliphatic hydroxyl groups is 2. The minimum absolute atomic E-state index is 0.123. The van der Waals surface area contributed by atoms with Gasteiger partial charge in [-0.15, -0.1) is 0 Å². The molecule has 1 aliphatic heterocycles. The number of carboxylic acids is 1. The first kappa shape index (κ1) is 69.9. The maximum atomic E-state index is 13.1. The number of carbonyl (C=O) groups excluding carboxylic acids is 3. The molecule has 0 spiro atoms. The predicted octanol–water partition coefficient (Wildman–Crippen LogP) is 15.0. The van der Waals surface area contributed by atoms with Crippen molar-refractivity contribution in [2.24, 2.45) is 0 Å². The van der Waals surface area contributed by atoms with E-state index in [0.717, 1.165) is 122 Å². The molecule has 0 aromatic carbocycles. The number of hydrogen-bond acceptors (Lipinski definition) is 11. The number of rotatable bonds is 47. The van der Waals surface area contributed by atoms with E-state index in [2.05, 4.69) is 130 Å². The molecule has 1 fully saturated rings. The lowest BCUT2D eigenvalue weighted by Crippen LogP contribution is -2.61. The summed E-state index contributed by atoms with van der Waals surface area (Å²) in [6.07, 6.45) is 60.1. The Hall–Kier alpha value is -5.14. The molecule has 0 radical (unpaired) electrons. The maximum absolute atomic E-state index is 13.1. The SMILES string of the molecule is CC/C=C\C/C=C\C/C=C\C/C=C\C/C=C\CC(=O)OC1C(OCC(COC(=O)CCCCCC/C=C\C/C=C\C/C=C\C/C=C\CC)OC(=O)CCCCCCC/C=C\C/C=C\CCCCC)OC(C(=O)O)C(O)C1O. The molecule has 77 heavy (non-hydrogen) atoms. The van der Waals surface area contributed by atoms with Gasteiger partial charge in [-0.3, -0.25) is 14.4 Å². The zero-order valence-electron chi connectivity index (χ0n) is 47.4. The first-order valence-corrected chi connectivity index (χ1v) is 29.2. The highest BCUT2D eigenvalue weighted by Crippen LogP contribution is 2.26. The molecule has 0 bridgehead atoms. The van der Waals surface area contributed by atoms with E-state index in [-0.39, 0.29) is 25.9 Å². The van der Waals surface area contributed by atoms with Crippen molar-refractivity contribution < 1.29 is 58.2 Å². The topological polar surface area (TPSA) is 175 Å². The van der Waals surface area contributed by atoms with Gasteiger partial charge in [0, 0.05) is 12.8 Å². The maximum Gasteiger partial charge on any atom is 0.335 e. The Kier molecular flexibility index (Phi) is 46.8. The summed E-state index contributed by atoms with van der Waals surface area (Å²) in [7, 11) is 0. The zero-order chi connectivity index (χ0) is 56.1. The van der Waals surface area contributed by atoms with Crippen molar-refractivity contribution in [2.45, 2.75) is 237 Å². The first-order valence-electron chi connectivity index (χ1n) is 29.2. The fraction of sp³-hybridized carbons (Fsp3) is 0.600. The molecule has 12 nitrogen and oxygen atoms in total. The van der Waals surface area contributed by atoms with Crippen molar-refractivity contribution in [3.8, 4) is 0 Å². The van der Waals surface area contributed by atoms with Gasteiger partial charge in [-0.25, -0.2) is 4.79 Å². The van der Waals surface area contributed by atoms with Crippen molar-refractivity contribution in [1.82, 2.24) is 0 Å². The van der Waals surface area contributed by atoms with E-state index < -0.39 is 67.3 Å². The third kappa shape index (κ3) is 41.6. The van der Waals surface area contributed by atoms with Crippen LogP contribution >= 0.6 is 0 Å². The van der Waals surface area contributed by atoms with Crippen LogP contribution in [0.1, 0.15) is 201 Å². The van der Waals surface area contributed by atoms with E-state index in [4.69, 9.17) is 23.7 Å². The van der Waals surface area contributed by atoms with Crippen molar-refractivity contribution in [2.75, 3.05) is 13.2 Å². The number of carboxylic acid groups (broad SMARTS) is 1. The molecule has 0 amide bonds. The van der Waals surface area contributed by atoms with Gasteiger partial charge in [0.2, 0.25) is 0 Å². The van der Waals surface area contributed by atoms with Crippen LogP contribution in [0.2, 0.25) is 0 Å². The standard InChI is InChI=1S/C65H100O12/c1-4-7-10-13-16-19-22-25-28-29-32-33-36-39-42-45-48-51-57(66)73-54-56(75-58(67)52-49-46-43-40-37-34-30-26-23-20-17-14-11-8-5-2)55-74-65-63(61(70)60(69)62(77-65)64(71)72)76-59(68)53-50-47-44-41-38-35-31-27-24-21-18-15-12-9-6-3/h7,9-10,12,16-21,25-28,30-33,38,41,47,50,56,60-63,65,69-70H,4-6,8,11,13-15,22-24,29,34-37,39-40,42-46,48-49,51-55H2,1-3H3,(H,71,72)/b10-7-,12-9-,19-16-,20-17-,21-18-,28-25-,30-26-,31-27-,33-32-,41-38-,50-47-. The summed E-state index contributed by atoms with van der Waals surface area (Å²) in [6, 6.07) is 0. The molecule has 1 aliphatic rings. The Bertz CT molecular complexity index is 1850. The van der Waals surface area contributed by atoms with Gasteiger partial charge in [0.1, 0.15) is 18.8 Å². The van der Waals surface area contributed by atoms with Crippen LogP contribution in [0, 0.1) is 0 Å². The molecular formula is C65H100O12. The highest BCUT2D eigenvalue weighted by atomic mass is 16.7. The van der Waals surface area contributed by atoms with E-state index in [1.165, 1.54) is 19.3 Å². The first-order chi connectivity index (χ1) is 37.6. The van der Waals surface area contributed by atoms with E-state index >= 15 is 0 Å². The molecule has 432 valence electrons. The molecule has 0 aromatic heterocycles. The van der Waals surface area contributed by atoms with Crippen LogP contribution < -0.4 is 0 Å². The molecule has 6 atom stereocenters. The number of esters is 3. The number of unbranched alkanes of at least 4 members (excludes halogenated alkanes) is 12. The molecule has 1 heterocycles. The van der Waals surface area contributed by atoms with Crippen LogP contribution in [0.3, 0.4) is 0 Å². The molecule has 0 saturated carbocycles. The fourth-order valence-electron chi connectivity index (χ4n) is 7.82. The van der Waals surface area contributed by atoms with Gasteiger partial charge in [0.25, 0.3) is 0 Å². The summed E-state index contributed by atoms with van der Waals surface area (Å²) in [5.74, 6) is -3.36. The smallest absolute Gasteiger partial charge is 0.335 e. The van der Waals surface area contributed by atoms with Crippen molar-refractivity contribution in [3.05, 3.63) is 134 Å². The van der Waals surface area contributed by atoms with Crippen molar-refractivity contribution >= 4 is 23.9 Å². The van der Waals surface area contributed by atoms with Gasteiger partial charge in [-0.1, -0.05) is 199 Å². The molecular weight excluding hydrogens is 973 g/mol. The van der Waals surface area contributed by atoms with Crippen LogP contribution in [-0.4, -0.2) is 89.2 Å². The van der Waals surface area contributed by atoms with E-state index in [1.807, 2.05) is 12.2 Å². The van der Waals surface area contributed by atoms with Crippen LogP contribution in [-0.2, 0) is 42.9 Å². The Morgan fingerprint density at radius 2 is 0.857 bits per heavy atom. The predicted molar refractivity (Wildman–Crippen MR) is 312 cm³/mol. The molecule has 6 unspecified atom stereocenters. The van der Waals surface area contributed by atoms with Gasteiger partial charge in [-0.05, 0) is 116 Å². The molecule has 0 aliphatic carbocycles. The minimum atomic E-state index is -1.95. The number of aliphatic carboxylic acids is 1. The van der Waals surface area contributed by atoms with Crippen molar-refractivity contribution in [3.63, 3.8) is 0 Å². The van der Waals surface area contributed by atoms with Gasteiger partial charge >= 0.3 is 23.9 Å². The second-order valence-corrected chi connectivity index (χ2v) is 19.2. The minimum Gasteiger partial charge on any atom is -0.479 e. The Morgan fingerprint density at radius 1 is 0.455 bits per heavy atom. The summed E-state index contributed by atoms with van der Waals surface area (Å²) in [6.45, 7) is 5.64. The Morgan fingerprint density at radius 3 is 1.31 bits per heavy atom. The molecule has 0 aromatic rings. The van der Waals surface area contributed by atoms with Crippen LogP contribution in [0.25, 0.3) is 0 Å². The average molecular weight is 1070 g/mol. The van der Waals surface area contributed by atoms with E-state index in [1.54, 1.807) is 12.2 Å². The largest absolute Gasteiger partial charge is 0.479 e. The lowest BCUT2D eigenvalue weighted by Gasteiger charge is -2.40. The number of carbonyl (C=O) groups is 4. The van der Waals surface area contributed by atoms with Crippen LogP contribution in [0.4, 0.5) is 0 Å². The van der Waals surface area contributed by atoms with E-state index in [0.29, 0.717) is 19.3 Å². The lowest BCUT2D eigenvalue weighted by atomic mass is 9.98. The summed E-state index contributed by atoms with van der Waals surface area (Å²) < 4.78 is 28.2. The fourth-order valence-corrected chi connectivity index (χ4v) is 7.82. The van der Waals surface area contributed by atoms with Crippen molar-refractivity contribution in [1.29, 1.82) is 0 Å². The van der Waals surface area contributed by atoms with Gasteiger partial charge in [-0.2, -0.15) is 0 Å². The molecule has 3 N–H and O–H groups in total. The number of ether oxygens (including phenoxy) is 5. The second kappa shape index (κ2) is 51.6. The molecule has 12 heteroatoms. The van der Waals surface area contributed by atoms with Crippen LogP contribution in [0.5, 0.6) is 0 Å². The number of aliphatic hydroxyl groups excluding tert-OH is 2. The summed E-state index contributed by atoms with van der Waals surface area (Å²) in [5.41, 5.74) is 0. The van der Waals surface area contributed by atoms with Gasteiger partial charge in [0.05, 0.1) is 13.0 Å².